The normalized spacial score (nSPS) is 19.1. The van der Waals surface area contributed by atoms with Crippen molar-refractivity contribution >= 4 is 40.0 Å². The van der Waals surface area contributed by atoms with Crippen LogP contribution in [-0.2, 0) is 16.6 Å². The van der Waals surface area contributed by atoms with E-state index in [0.29, 0.717) is 16.9 Å². The molecule has 8 heteroatoms. The number of likely N-dealkylation sites (tertiary alicyclic amines) is 1. The van der Waals surface area contributed by atoms with E-state index in [1.165, 1.54) is 30.0 Å². The summed E-state index contributed by atoms with van der Waals surface area (Å²) in [5.41, 5.74) is 1.23. The van der Waals surface area contributed by atoms with Crippen LogP contribution in [0.1, 0.15) is 38.2 Å². The van der Waals surface area contributed by atoms with E-state index in [1.807, 2.05) is 12.1 Å². The molecule has 1 heterocycles. The predicted molar refractivity (Wildman–Crippen MR) is 120 cm³/mol. The predicted octanol–water partition coefficient (Wildman–Crippen LogP) is 2.90. The molecule has 1 N–H and O–H groups in total. The summed E-state index contributed by atoms with van der Waals surface area (Å²) in [6, 6.07) is 7.13. The molecular weight excluding hydrogens is 475 g/mol. The van der Waals surface area contributed by atoms with Gasteiger partial charge in [0.25, 0.3) is 0 Å². The SMILES string of the molecule is CCNC(=NCc1ccccc1S(=O)(=O)N(C)C)N1CCC2(CCC2)C1.I. The number of benzene rings is 1. The van der Waals surface area contributed by atoms with Crippen LogP contribution in [0.5, 0.6) is 0 Å². The smallest absolute Gasteiger partial charge is 0.242 e. The van der Waals surface area contributed by atoms with Gasteiger partial charge in [0.2, 0.25) is 10.0 Å². The van der Waals surface area contributed by atoms with Crippen LogP contribution in [0.4, 0.5) is 0 Å². The molecule has 6 nitrogen and oxygen atoms in total. The fraction of sp³-hybridized carbons (Fsp3) is 0.632. The average Bonchev–Trinajstić information content (AvgIpc) is 3.04. The Balaban J connectivity index is 0.00000261. The van der Waals surface area contributed by atoms with Gasteiger partial charge in [-0.3, -0.25) is 0 Å². The molecule has 2 fully saturated rings. The molecule has 2 aliphatic rings. The van der Waals surface area contributed by atoms with Gasteiger partial charge in [0.15, 0.2) is 5.96 Å². The molecule has 1 aromatic carbocycles. The lowest BCUT2D eigenvalue weighted by Gasteiger charge is -2.38. The summed E-state index contributed by atoms with van der Waals surface area (Å²) < 4.78 is 26.4. The molecule has 1 saturated heterocycles. The van der Waals surface area contributed by atoms with Gasteiger partial charge in [-0.05, 0) is 43.2 Å². The quantitative estimate of drug-likeness (QED) is 0.379. The molecule has 0 radical (unpaired) electrons. The van der Waals surface area contributed by atoms with Crippen molar-refractivity contribution in [3.8, 4) is 0 Å². The van der Waals surface area contributed by atoms with E-state index < -0.39 is 10.0 Å². The zero-order valence-electron chi connectivity index (χ0n) is 16.4. The highest BCUT2D eigenvalue weighted by Crippen LogP contribution is 2.47. The van der Waals surface area contributed by atoms with E-state index in [1.54, 1.807) is 26.2 Å². The monoisotopic (exact) mass is 506 g/mol. The zero-order chi connectivity index (χ0) is 18.8. The van der Waals surface area contributed by atoms with E-state index in [-0.39, 0.29) is 24.0 Å². The zero-order valence-corrected chi connectivity index (χ0v) is 19.6. The molecule has 0 atom stereocenters. The lowest BCUT2D eigenvalue weighted by molar-refractivity contribution is 0.151. The molecule has 1 spiro atoms. The molecule has 1 aromatic rings. The molecule has 0 unspecified atom stereocenters. The van der Waals surface area contributed by atoms with Gasteiger partial charge in [-0.1, -0.05) is 24.6 Å². The number of aliphatic imine (C=N–C) groups is 1. The van der Waals surface area contributed by atoms with E-state index in [0.717, 1.165) is 31.2 Å². The van der Waals surface area contributed by atoms with E-state index in [4.69, 9.17) is 4.99 Å². The number of nitrogens with one attached hydrogen (secondary N) is 1. The lowest BCUT2D eigenvalue weighted by atomic mass is 9.68. The molecule has 1 aliphatic heterocycles. The summed E-state index contributed by atoms with van der Waals surface area (Å²) in [4.78, 5) is 7.45. The second kappa shape index (κ2) is 9.09. The Labute approximate surface area is 180 Å². The fourth-order valence-electron chi connectivity index (χ4n) is 3.87. The molecule has 1 saturated carbocycles. The van der Waals surface area contributed by atoms with E-state index >= 15 is 0 Å². The van der Waals surface area contributed by atoms with Gasteiger partial charge in [0.05, 0.1) is 11.4 Å². The Morgan fingerprint density at radius 2 is 1.96 bits per heavy atom. The second-order valence-corrected chi connectivity index (χ2v) is 9.71. The van der Waals surface area contributed by atoms with Gasteiger partial charge in [-0.2, -0.15) is 0 Å². The summed E-state index contributed by atoms with van der Waals surface area (Å²) in [5.74, 6) is 0.897. The highest BCUT2D eigenvalue weighted by Gasteiger charge is 2.43. The summed E-state index contributed by atoms with van der Waals surface area (Å²) >= 11 is 0. The Hall–Kier alpha value is -0.870. The van der Waals surface area contributed by atoms with Gasteiger partial charge >= 0.3 is 0 Å². The van der Waals surface area contributed by atoms with Gasteiger partial charge in [0, 0.05) is 33.7 Å². The third-order valence-corrected chi connectivity index (χ3v) is 7.53. The van der Waals surface area contributed by atoms with Gasteiger partial charge < -0.3 is 10.2 Å². The maximum atomic E-state index is 12.6. The van der Waals surface area contributed by atoms with Crippen LogP contribution in [0.25, 0.3) is 0 Å². The number of rotatable bonds is 5. The van der Waals surface area contributed by atoms with Crippen molar-refractivity contribution in [3.63, 3.8) is 0 Å². The number of hydrogen-bond acceptors (Lipinski definition) is 3. The van der Waals surface area contributed by atoms with Gasteiger partial charge in [-0.15, -0.1) is 24.0 Å². The van der Waals surface area contributed by atoms with Crippen molar-refractivity contribution in [1.82, 2.24) is 14.5 Å². The van der Waals surface area contributed by atoms with Crippen LogP contribution in [-0.4, -0.2) is 57.3 Å². The Morgan fingerprint density at radius 3 is 2.52 bits per heavy atom. The topological polar surface area (TPSA) is 65.0 Å². The standard InChI is InChI=1S/C19H30N4O2S.HI/c1-4-20-18(23-13-12-19(15-23)10-7-11-19)21-14-16-8-5-6-9-17(16)26(24,25)22(2)3;/h5-6,8-9H,4,7,10-15H2,1-3H3,(H,20,21);1H. The number of halogens is 1. The lowest BCUT2D eigenvalue weighted by Crippen LogP contribution is -2.42. The largest absolute Gasteiger partial charge is 0.357 e. The Kier molecular flexibility index (Phi) is 7.54. The first-order valence-corrected chi connectivity index (χ1v) is 10.9. The first-order valence-electron chi connectivity index (χ1n) is 9.42. The van der Waals surface area contributed by atoms with Crippen LogP contribution in [0.3, 0.4) is 0 Å². The minimum absolute atomic E-state index is 0. The van der Waals surface area contributed by atoms with Crippen molar-refractivity contribution in [3.05, 3.63) is 29.8 Å². The van der Waals surface area contributed by atoms with Gasteiger partial charge in [-0.25, -0.2) is 17.7 Å². The number of hydrogen-bond donors (Lipinski definition) is 1. The summed E-state index contributed by atoms with van der Waals surface area (Å²) in [5, 5.41) is 3.38. The van der Waals surface area contributed by atoms with Crippen LogP contribution < -0.4 is 5.32 Å². The van der Waals surface area contributed by atoms with Crippen LogP contribution >= 0.6 is 24.0 Å². The van der Waals surface area contributed by atoms with Crippen molar-refractivity contribution in [2.45, 2.75) is 44.0 Å². The second-order valence-electron chi connectivity index (χ2n) is 7.59. The third kappa shape index (κ3) is 4.76. The highest BCUT2D eigenvalue weighted by atomic mass is 127. The molecule has 0 bridgehead atoms. The maximum Gasteiger partial charge on any atom is 0.242 e. The third-order valence-electron chi connectivity index (χ3n) is 5.62. The van der Waals surface area contributed by atoms with Crippen molar-refractivity contribution in [1.29, 1.82) is 0 Å². The van der Waals surface area contributed by atoms with Gasteiger partial charge in [0.1, 0.15) is 0 Å². The minimum atomic E-state index is -3.47. The van der Waals surface area contributed by atoms with E-state index in [2.05, 4.69) is 17.1 Å². The highest BCUT2D eigenvalue weighted by molar-refractivity contribution is 14.0. The maximum absolute atomic E-state index is 12.6. The molecule has 152 valence electrons. The first-order chi connectivity index (χ1) is 12.4. The molecule has 1 aliphatic carbocycles. The number of nitrogens with zero attached hydrogens (tertiary/aromatic N) is 3. The van der Waals surface area contributed by atoms with Crippen molar-refractivity contribution in [2.24, 2.45) is 10.4 Å². The van der Waals surface area contributed by atoms with Crippen LogP contribution in [0.15, 0.2) is 34.2 Å². The molecule has 3 rings (SSSR count). The first kappa shape index (κ1) is 22.4. The summed E-state index contributed by atoms with van der Waals surface area (Å²) in [7, 11) is -0.356. The van der Waals surface area contributed by atoms with Crippen LogP contribution in [0.2, 0.25) is 0 Å². The Bertz CT molecular complexity index is 776. The molecule has 0 aromatic heterocycles. The average molecular weight is 506 g/mol. The van der Waals surface area contributed by atoms with Crippen molar-refractivity contribution in [2.75, 3.05) is 33.7 Å². The molecular formula is C19H31IN4O2S. The number of guanidine groups is 1. The minimum Gasteiger partial charge on any atom is -0.357 e. The van der Waals surface area contributed by atoms with E-state index in [9.17, 15) is 8.42 Å². The molecule has 0 amide bonds. The van der Waals surface area contributed by atoms with Crippen molar-refractivity contribution < 1.29 is 8.42 Å². The fourth-order valence-corrected chi connectivity index (χ4v) is 4.98. The molecule has 27 heavy (non-hydrogen) atoms. The summed E-state index contributed by atoms with van der Waals surface area (Å²) in [6.45, 7) is 5.32. The Morgan fingerprint density at radius 1 is 1.26 bits per heavy atom. The number of sulfonamides is 1. The van der Waals surface area contributed by atoms with Crippen LogP contribution in [0, 0.1) is 5.41 Å². The summed E-state index contributed by atoms with van der Waals surface area (Å²) in [6.07, 6.45) is 5.24.